The van der Waals surface area contributed by atoms with Crippen molar-refractivity contribution < 1.29 is 18.7 Å². The summed E-state index contributed by atoms with van der Waals surface area (Å²) in [5, 5.41) is 9.03. The van der Waals surface area contributed by atoms with E-state index in [2.05, 4.69) is 0 Å². The molecular weight excluding hydrogens is 240 g/mol. The molecule has 96 valence electrons. The maximum Gasteiger partial charge on any atom is 0.337 e. The molecule has 1 saturated carbocycles. The van der Waals surface area contributed by atoms with E-state index in [1.165, 1.54) is 6.42 Å². The predicted molar refractivity (Wildman–Crippen MR) is 61.8 cm³/mol. The Labute approximate surface area is 103 Å². The molecule has 0 bridgehead atoms. The monoisotopic (exact) mass is 253 g/mol. The van der Waals surface area contributed by atoms with E-state index in [-0.39, 0.29) is 5.56 Å². The quantitative estimate of drug-likeness (QED) is 0.880. The van der Waals surface area contributed by atoms with E-state index >= 15 is 0 Å². The number of carboxylic acid groups (broad SMARTS) is 1. The summed E-state index contributed by atoms with van der Waals surface area (Å²) in [7, 11) is 0. The molecule has 0 atom stereocenters. The standard InChI is InChI=1S/C13H13F2NO2/c14-9-4-8(12(17)18)11(5-10(9)15)16-6-13(7-16)2-1-3-13/h4-5H,1-3,6-7H2,(H,17,18). The molecule has 1 aliphatic carbocycles. The highest BCUT2D eigenvalue weighted by Crippen LogP contribution is 2.50. The molecule has 2 aliphatic rings. The van der Waals surface area contributed by atoms with Gasteiger partial charge in [0.15, 0.2) is 11.6 Å². The van der Waals surface area contributed by atoms with Gasteiger partial charge in [-0.05, 0) is 18.9 Å². The molecule has 0 radical (unpaired) electrons. The summed E-state index contributed by atoms with van der Waals surface area (Å²) in [4.78, 5) is 12.9. The summed E-state index contributed by atoms with van der Waals surface area (Å²) >= 11 is 0. The molecule has 1 saturated heterocycles. The summed E-state index contributed by atoms with van der Waals surface area (Å²) in [5.74, 6) is -3.34. The molecule has 1 N–H and O–H groups in total. The minimum absolute atomic E-state index is 0.164. The summed E-state index contributed by atoms with van der Waals surface area (Å²) in [6.45, 7) is 1.50. The van der Waals surface area contributed by atoms with E-state index in [4.69, 9.17) is 5.11 Å². The van der Waals surface area contributed by atoms with Gasteiger partial charge in [-0.2, -0.15) is 0 Å². The van der Waals surface area contributed by atoms with E-state index in [0.717, 1.165) is 38.1 Å². The van der Waals surface area contributed by atoms with Crippen LogP contribution in [0, 0.1) is 17.0 Å². The second kappa shape index (κ2) is 3.67. The number of carboxylic acids is 1. The molecule has 18 heavy (non-hydrogen) atoms. The molecule has 1 aliphatic heterocycles. The molecular formula is C13H13F2NO2. The van der Waals surface area contributed by atoms with E-state index < -0.39 is 17.6 Å². The van der Waals surface area contributed by atoms with Gasteiger partial charge >= 0.3 is 5.97 Å². The van der Waals surface area contributed by atoms with Crippen molar-refractivity contribution in [3.05, 3.63) is 29.3 Å². The number of carbonyl (C=O) groups is 1. The van der Waals surface area contributed by atoms with Crippen LogP contribution in [0.1, 0.15) is 29.6 Å². The Balaban J connectivity index is 1.91. The van der Waals surface area contributed by atoms with Crippen molar-refractivity contribution in [1.29, 1.82) is 0 Å². The zero-order chi connectivity index (χ0) is 12.9. The van der Waals surface area contributed by atoms with Gasteiger partial charge in [0.25, 0.3) is 0 Å². The molecule has 0 amide bonds. The third-order valence-electron chi connectivity index (χ3n) is 4.08. The van der Waals surface area contributed by atoms with Gasteiger partial charge in [-0.3, -0.25) is 0 Å². The van der Waals surface area contributed by atoms with Gasteiger partial charge in [0.1, 0.15) is 0 Å². The number of nitrogens with zero attached hydrogens (tertiary/aromatic N) is 1. The van der Waals surface area contributed by atoms with Crippen molar-refractivity contribution in [2.24, 2.45) is 5.41 Å². The van der Waals surface area contributed by atoms with Crippen molar-refractivity contribution in [2.45, 2.75) is 19.3 Å². The molecule has 2 fully saturated rings. The number of aromatic carboxylic acids is 1. The van der Waals surface area contributed by atoms with Crippen molar-refractivity contribution in [1.82, 2.24) is 0 Å². The molecule has 1 spiro atoms. The van der Waals surface area contributed by atoms with E-state index in [0.29, 0.717) is 11.1 Å². The molecule has 1 aromatic rings. The van der Waals surface area contributed by atoms with Gasteiger partial charge in [-0.1, -0.05) is 6.42 Å². The number of hydrogen-bond donors (Lipinski definition) is 1. The summed E-state index contributed by atoms with van der Waals surface area (Å²) in [6, 6.07) is 1.75. The average Bonchev–Trinajstić information content (AvgIpc) is 2.18. The predicted octanol–water partition coefficient (Wildman–Crippen LogP) is 2.65. The fraction of sp³-hybridized carbons (Fsp3) is 0.462. The van der Waals surface area contributed by atoms with Crippen molar-refractivity contribution in [2.75, 3.05) is 18.0 Å². The minimum Gasteiger partial charge on any atom is -0.478 e. The lowest BCUT2D eigenvalue weighted by atomic mass is 9.63. The van der Waals surface area contributed by atoms with Crippen LogP contribution in [0.25, 0.3) is 0 Å². The van der Waals surface area contributed by atoms with Gasteiger partial charge in [-0.15, -0.1) is 0 Å². The van der Waals surface area contributed by atoms with Crippen LogP contribution in [0.5, 0.6) is 0 Å². The Hall–Kier alpha value is -1.65. The molecule has 0 aromatic heterocycles. The zero-order valence-electron chi connectivity index (χ0n) is 9.75. The first kappa shape index (κ1) is 11.4. The second-order valence-electron chi connectivity index (χ2n) is 5.30. The smallest absolute Gasteiger partial charge is 0.337 e. The third kappa shape index (κ3) is 1.57. The molecule has 1 aromatic carbocycles. The Kier molecular flexibility index (Phi) is 2.33. The van der Waals surface area contributed by atoms with E-state index in [1.54, 1.807) is 0 Å². The molecule has 5 heteroatoms. The first-order chi connectivity index (χ1) is 8.51. The molecule has 1 heterocycles. The van der Waals surface area contributed by atoms with Crippen LogP contribution in [0.15, 0.2) is 12.1 Å². The van der Waals surface area contributed by atoms with Crippen LogP contribution in [-0.2, 0) is 0 Å². The van der Waals surface area contributed by atoms with Gasteiger partial charge in [0, 0.05) is 24.6 Å². The molecule has 3 nitrogen and oxygen atoms in total. The highest BCUT2D eigenvalue weighted by Gasteiger charge is 2.48. The lowest BCUT2D eigenvalue weighted by molar-refractivity contribution is 0.0689. The van der Waals surface area contributed by atoms with Crippen LogP contribution < -0.4 is 4.90 Å². The van der Waals surface area contributed by atoms with Crippen LogP contribution >= 0.6 is 0 Å². The van der Waals surface area contributed by atoms with Crippen molar-refractivity contribution in [3.8, 4) is 0 Å². The summed E-state index contributed by atoms with van der Waals surface area (Å²) in [6.07, 6.45) is 3.50. The van der Waals surface area contributed by atoms with Gasteiger partial charge in [0.2, 0.25) is 0 Å². The van der Waals surface area contributed by atoms with Crippen LogP contribution in [0.3, 0.4) is 0 Å². The average molecular weight is 253 g/mol. The lowest BCUT2D eigenvalue weighted by Gasteiger charge is -2.57. The fourth-order valence-electron chi connectivity index (χ4n) is 2.90. The number of anilines is 1. The van der Waals surface area contributed by atoms with Gasteiger partial charge < -0.3 is 10.0 Å². The van der Waals surface area contributed by atoms with Gasteiger partial charge in [0.05, 0.1) is 11.3 Å². The summed E-state index contributed by atoms with van der Waals surface area (Å²) in [5.41, 5.74) is 0.433. The molecule has 0 unspecified atom stereocenters. The number of halogens is 2. The highest BCUT2D eigenvalue weighted by molar-refractivity contribution is 5.94. The topological polar surface area (TPSA) is 40.5 Å². The fourth-order valence-corrected chi connectivity index (χ4v) is 2.90. The minimum atomic E-state index is -1.22. The maximum absolute atomic E-state index is 13.2. The van der Waals surface area contributed by atoms with E-state index in [9.17, 15) is 13.6 Å². The van der Waals surface area contributed by atoms with Crippen molar-refractivity contribution >= 4 is 11.7 Å². The second-order valence-corrected chi connectivity index (χ2v) is 5.30. The van der Waals surface area contributed by atoms with E-state index in [1.807, 2.05) is 4.90 Å². The van der Waals surface area contributed by atoms with Crippen LogP contribution in [0.4, 0.5) is 14.5 Å². The first-order valence-electron chi connectivity index (χ1n) is 5.98. The largest absolute Gasteiger partial charge is 0.478 e. The number of hydrogen-bond acceptors (Lipinski definition) is 2. The van der Waals surface area contributed by atoms with Gasteiger partial charge in [-0.25, -0.2) is 13.6 Å². The van der Waals surface area contributed by atoms with Crippen molar-refractivity contribution in [3.63, 3.8) is 0 Å². The normalized spacial score (nSPS) is 20.4. The summed E-state index contributed by atoms with van der Waals surface area (Å²) < 4.78 is 26.3. The zero-order valence-corrected chi connectivity index (χ0v) is 9.75. The Morgan fingerprint density at radius 2 is 1.83 bits per heavy atom. The highest BCUT2D eigenvalue weighted by atomic mass is 19.2. The molecule has 3 rings (SSSR count). The maximum atomic E-state index is 13.2. The Morgan fingerprint density at radius 1 is 1.22 bits per heavy atom. The Morgan fingerprint density at radius 3 is 2.33 bits per heavy atom. The Bertz CT molecular complexity index is 518. The van der Waals surface area contributed by atoms with Crippen LogP contribution in [-0.4, -0.2) is 24.2 Å². The lowest BCUT2D eigenvalue weighted by Crippen LogP contribution is -2.60. The number of rotatable bonds is 2. The van der Waals surface area contributed by atoms with Crippen LogP contribution in [0.2, 0.25) is 0 Å². The first-order valence-corrected chi connectivity index (χ1v) is 5.98. The SMILES string of the molecule is O=C(O)c1cc(F)c(F)cc1N1CC2(CCC2)C1. The third-order valence-corrected chi connectivity index (χ3v) is 4.08. The number of benzene rings is 1.